The van der Waals surface area contributed by atoms with Crippen LogP contribution in [-0.4, -0.2) is 39.4 Å². The van der Waals surface area contributed by atoms with Gasteiger partial charge in [-0.2, -0.15) is 0 Å². The highest BCUT2D eigenvalue weighted by Gasteiger charge is 2.46. The van der Waals surface area contributed by atoms with E-state index in [1.165, 1.54) is 6.26 Å². The van der Waals surface area contributed by atoms with E-state index in [-0.39, 0.29) is 11.7 Å². The van der Waals surface area contributed by atoms with Crippen molar-refractivity contribution in [2.24, 2.45) is 17.1 Å². The lowest BCUT2D eigenvalue weighted by molar-refractivity contribution is -0.138. The average molecular weight is 262 g/mol. The topological polar surface area (TPSA) is 89.3 Å². The summed E-state index contributed by atoms with van der Waals surface area (Å²) in [5, 5.41) is 2.79. The van der Waals surface area contributed by atoms with Gasteiger partial charge in [-0.1, -0.05) is 6.92 Å². The zero-order chi connectivity index (χ0) is 13.1. The van der Waals surface area contributed by atoms with Crippen LogP contribution in [0.1, 0.15) is 26.2 Å². The summed E-state index contributed by atoms with van der Waals surface area (Å²) < 4.78 is 21.8. The van der Waals surface area contributed by atoms with Crippen LogP contribution in [0, 0.1) is 11.3 Å². The Morgan fingerprint density at radius 3 is 2.47 bits per heavy atom. The molecule has 0 saturated heterocycles. The minimum Gasteiger partial charge on any atom is -0.356 e. The van der Waals surface area contributed by atoms with Gasteiger partial charge in [0.2, 0.25) is 5.91 Å². The molecule has 6 heteroatoms. The van der Waals surface area contributed by atoms with E-state index in [9.17, 15) is 13.2 Å². The lowest BCUT2D eigenvalue weighted by Crippen LogP contribution is -2.53. The summed E-state index contributed by atoms with van der Waals surface area (Å²) in [6.07, 6.45) is 3.33. The maximum atomic E-state index is 11.9. The van der Waals surface area contributed by atoms with Crippen LogP contribution < -0.4 is 11.1 Å². The van der Waals surface area contributed by atoms with E-state index >= 15 is 0 Å². The molecule has 0 unspecified atom stereocenters. The first-order valence-corrected chi connectivity index (χ1v) is 8.01. The van der Waals surface area contributed by atoms with Crippen LogP contribution in [0.5, 0.6) is 0 Å². The Balaban J connectivity index is 2.30. The van der Waals surface area contributed by atoms with Crippen LogP contribution in [0.25, 0.3) is 0 Å². The van der Waals surface area contributed by atoms with E-state index < -0.39 is 15.3 Å². The van der Waals surface area contributed by atoms with Gasteiger partial charge in [0.05, 0.1) is 11.2 Å². The number of rotatable bonds is 6. The first kappa shape index (κ1) is 14.4. The molecule has 1 amide bonds. The van der Waals surface area contributed by atoms with E-state index in [2.05, 4.69) is 12.2 Å². The summed E-state index contributed by atoms with van der Waals surface area (Å²) in [4.78, 5) is 11.9. The number of sulfone groups is 1. The van der Waals surface area contributed by atoms with E-state index in [4.69, 9.17) is 5.73 Å². The Morgan fingerprint density at radius 2 is 2.06 bits per heavy atom. The van der Waals surface area contributed by atoms with E-state index in [1.807, 2.05) is 0 Å². The summed E-state index contributed by atoms with van der Waals surface area (Å²) >= 11 is 0. The van der Waals surface area contributed by atoms with Crippen molar-refractivity contribution in [3.63, 3.8) is 0 Å². The van der Waals surface area contributed by atoms with Gasteiger partial charge in [0.15, 0.2) is 0 Å². The summed E-state index contributed by atoms with van der Waals surface area (Å²) in [6.45, 7) is 2.88. The first-order chi connectivity index (χ1) is 7.79. The highest BCUT2D eigenvalue weighted by atomic mass is 32.2. The van der Waals surface area contributed by atoms with Crippen molar-refractivity contribution in [2.75, 3.05) is 25.1 Å². The molecule has 0 aromatic heterocycles. The molecule has 0 bridgehead atoms. The predicted octanol–water partition coefficient (Wildman–Crippen LogP) is -0.0877. The lowest BCUT2D eigenvalue weighted by atomic mass is 9.62. The molecule has 0 atom stereocenters. The molecule has 0 heterocycles. The Labute approximate surface area is 103 Å². The zero-order valence-electron chi connectivity index (χ0n) is 10.5. The molecule has 1 fully saturated rings. The van der Waals surface area contributed by atoms with Crippen molar-refractivity contribution in [2.45, 2.75) is 26.2 Å². The second-order valence-electron chi connectivity index (χ2n) is 5.24. The molecule has 0 radical (unpaired) electrons. The molecule has 1 aliphatic rings. The van der Waals surface area contributed by atoms with Crippen LogP contribution in [0.4, 0.5) is 0 Å². The Hall–Kier alpha value is -0.620. The summed E-state index contributed by atoms with van der Waals surface area (Å²) in [6, 6.07) is 0. The van der Waals surface area contributed by atoms with Gasteiger partial charge >= 0.3 is 0 Å². The van der Waals surface area contributed by atoms with Gasteiger partial charge in [-0.25, -0.2) is 8.42 Å². The largest absolute Gasteiger partial charge is 0.356 e. The molecule has 3 N–H and O–H groups in total. The molecule has 0 spiro atoms. The molecule has 5 nitrogen and oxygen atoms in total. The quantitative estimate of drug-likeness (QED) is 0.655. The van der Waals surface area contributed by atoms with Crippen LogP contribution in [0.3, 0.4) is 0 Å². The molecule has 1 rings (SSSR count). The fourth-order valence-electron chi connectivity index (χ4n) is 2.44. The fourth-order valence-corrected chi connectivity index (χ4v) is 3.11. The molecule has 1 saturated carbocycles. The average Bonchev–Trinajstić information content (AvgIpc) is 2.17. The number of nitrogens with one attached hydrogen (secondary N) is 1. The predicted molar refractivity (Wildman–Crippen MR) is 67.2 cm³/mol. The van der Waals surface area contributed by atoms with Gasteiger partial charge in [0.25, 0.3) is 0 Å². The third-order valence-electron chi connectivity index (χ3n) is 3.33. The number of hydrogen-bond donors (Lipinski definition) is 2. The number of nitrogens with two attached hydrogens (primary N) is 1. The minimum absolute atomic E-state index is 0.0217. The second kappa shape index (κ2) is 5.35. The Kier molecular flexibility index (Phi) is 4.55. The van der Waals surface area contributed by atoms with Crippen molar-refractivity contribution < 1.29 is 13.2 Å². The summed E-state index contributed by atoms with van der Waals surface area (Å²) in [7, 11) is -2.94. The highest BCUT2D eigenvalue weighted by molar-refractivity contribution is 7.90. The Morgan fingerprint density at radius 1 is 1.47 bits per heavy atom. The first-order valence-electron chi connectivity index (χ1n) is 5.95. The maximum Gasteiger partial charge on any atom is 0.227 e. The Bertz CT molecular complexity index is 372. The molecule has 17 heavy (non-hydrogen) atoms. The molecule has 100 valence electrons. The number of amides is 1. The fraction of sp³-hybridized carbons (Fsp3) is 0.909. The van der Waals surface area contributed by atoms with Crippen molar-refractivity contribution in [3.8, 4) is 0 Å². The van der Waals surface area contributed by atoms with Crippen molar-refractivity contribution in [3.05, 3.63) is 0 Å². The van der Waals surface area contributed by atoms with Crippen molar-refractivity contribution >= 4 is 15.7 Å². The van der Waals surface area contributed by atoms with Crippen LogP contribution in [0.15, 0.2) is 0 Å². The van der Waals surface area contributed by atoms with Gasteiger partial charge in [-0.3, -0.25) is 4.79 Å². The van der Waals surface area contributed by atoms with E-state index in [0.717, 1.165) is 12.8 Å². The van der Waals surface area contributed by atoms with Crippen molar-refractivity contribution in [1.29, 1.82) is 0 Å². The van der Waals surface area contributed by atoms with Gasteiger partial charge in [0, 0.05) is 19.3 Å². The van der Waals surface area contributed by atoms with Crippen LogP contribution in [0.2, 0.25) is 0 Å². The zero-order valence-corrected chi connectivity index (χ0v) is 11.3. The van der Waals surface area contributed by atoms with E-state index in [0.29, 0.717) is 25.4 Å². The van der Waals surface area contributed by atoms with Gasteiger partial charge < -0.3 is 11.1 Å². The third kappa shape index (κ3) is 3.96. The smallest absolute Gasteiger partial charge is 0.227 e. The lowest BCUT2D eigenvalue weighted by Gasteiger charge is -2.44. The van der Waals surface area contributed by atoms with E-state index in [1.54, 1.807) is 0 Å². The second-order valence-corrected chi connectivity index (χ2v) is 7.50. The normalized spacial score (nSPS) is 28.5. The SMILES string of the molecule is CC1CC(CN)(C(=O)NCCCS(C)(=O)=O)C1. The minimum atomic E-state index is -2.94. The van der Waals surface area contributed by atoms with Gasteiger partial charge in [0.1, 0.15) is 9.84 Å². The number of carbonyl (C=O) groups is 1. The molecule has 0 aromatic carbocycles. The summed E-state index contributed by atoms with van der Waals surface area (Å²) in [5.41, 5.74) is 5.25. The monoisotopic (exact) mass is 262 g/mol. The molecular weight excluding hydrogens is 240 g/mol. The number of carbonyl (C=O) groups excluding carboxylic acids is 1. The maximum absolute atomic E-state index is 11.9. The van der Waals surface area contributed by atoms with Gasteiger partial charge in [-0.15, -0.1) is 0 Å². The third-order valence-corrected chi connectivity index (χ3v) is 4.36. The highest BCUT2D eigenvalue weighted by Crippen LogP contribution is 2.44. The molecule has 1 aliphatic carbocycles. The molecular formula is C11H22N2O3S. The summed E-state index contributed by atoms with van der Waals surface area (Å²) in [5.74, 6) is 0.645. The molecule has 0 aromatic rings. The number of hydrogen-bond acceptors (Lipinski definition) is 4. The van der Waals surface area contributed by atoms with Crippen LogP contribution in [-0.2, 0) is 14.6 Å². The van der Waals surface area contributed by atoms with Crippen LogP contribution >= 0.6 is 0 Å². The molecule has 0 aliphatic heterocycles. The van der Waals surface area contributed by atoms with Gasteiger partial charge in [-0.05, 0) is 25.2 Å². The van der Waals surface area contributed by atoms with Crippen molar-refractivity contribution in [1.82, 2.24) is 5.32 Å². The standard InChI is InChI=1S/C11H22N2O3S/c1-9-6-11(7-9,8-12)10(14)13-4-3-5-17(2,15)16/h9H,3-8,12H2,1-2H3,(H,13,14).